The zero-order valence-electron chi connectivity index (χ0n) is 9.07. The highest BCUT2D eigenvalue weighted by atomic mass is 79.9. The Morgan fingerprint density at radius 2 is 2.38 bits per heavy atom. The lowest BCUT2D eigenvalue weighted by atomic mass is 10.1. The number of hydrogen-bond acceptors (Lipinski definition) is 4. The highest BCUT2D eigenvalue weighted by Crippen LogP contribution is 2.32. The van der Waals surface area contributed by atoms with Crippen LogP contribution in [0.1, 0.15) is 19.4 Å². The largest absolute Gasteiger partial charge is 0.480 e. The van der Waals surface area contributed by atoms with Gasteiger partial charge in [0.25, 0.3) is 0 Å². The standard InChI is InChI=1S/C10H14BrNO2S2/c1-10(2,8(12)9(13)14)16-5-6-3-7(11)15-4-6/h3-4,8H,5,12H2,1-2H3,(H,13,14)/t8-/m1/s1. The van der Waals surface area contributed by atoms with E-state index in [2.05, 4.69) is 21.3 Å². The topological polar surface area (TPSA) is 63.3 Å². The third kappa shape index (κ3) is 3.76. The van der Waals surface area contributed by atoms with Crippen molar-refractivity contribution in [2.75, 3.05) is 0 Å². The Morgan fingerprint density at radius 3 is 2.81 bits per heavy atom. The van der Waals surface area contributed by atoms with E-state index in [0.29, 0.717) is 0 Å². The molecule has 16 heavy (non-hydrogen) atoms. The number of aliphatic carboxylic acids is 1. The van der Waals surface area contributed by atoms with Crippen molar-refractivity contribution in [3.8, 4) is 0 Å². The van der Waals surface area contributed by atoms with Crippen LogP contribution in [0, 0.1) is 0 Å². The summed E-state index contributed by atoms with van der Waals surface area (Å²) in [6, 6.07) is 1.19. The summed E-state index contributed by atoms with van der Waals surface area (Å²) >= 11 is 6.58. The highest BCUT2D eigenvalue weighted by Gasteiger charge is 2.32. The summed E-state index contributed by atoms with van der Waals surface area (Å²) in [6.45, 7) is 3.72. The molecule has 3 N–H and O–H groups in total. The molecule has 1 heterocycles. The van der Waals surface area contributed by atoms with Crippen molar-refractivity contribution in [2.24, 2.45) is 5.73 Å². The lowest BCUT2D eigenvalue weighted by molar-refractivity contribution is -0.139. The fraction of sp³-hybridized carbons (Fsp3) is 0.500. The van der Waals surface area contributed by atoms with Gasteiger partial charge >= 0.3 is 5.97 Å². The normalized spacial score (nSPS) is 13.8. The first-order valence-corrected chi connectivity index (χ1v) is 7.34. The summed E-state index contributed by atoms with van der Waals surface area (Å²) < 4.78 is 0.615. The minimum Gasteiger partial charge on any atom is -0.480 e. The van der Waals surface area contributed by atoms with Gasteiger partial charge in [-0.15, -0.1) is 23.1 Å². The van der Waals surface area contributed by atoms with Gasteiger partial charge < -0.3 is 10.8 Å². The molecule has 0 saturated carbocycles. The van der Waals surface area contributed by atoms with Crippen LogP contribution < -0.4 is 5.73 Å². The first kappa shape index (κ1) is 14.0. The van der Waals surface area contributed by atoms with Gasteiger partial charge in [-0.3, -0.25) is 4.79 Å². The van der Waals surface area contributed by atoms with E-state index in [9.17, 15) is 4.79 Å². The lowest BCUT2D eigenvalue weighted by Crippen LogP contribution is -2.46. The molecular formula is C10H14BrNO2S2. The molecule has 1 rings (SSSR count). The van der Waals surface area contributed by atoms with Crippen molar-refractivity contribution < 1.29 is 9.90 Å². The Labute approximate surface area is 112 Å². The van der Waals surface area contributed by atoms with Crippen LogP contribution >= 0.6 is 39.0 Å². The van der Waals surface area contributed by atoms with Gasteiger partial charge in [-0.2, -0.15) is 0 Å². The monoisotopic (exact) mass is 323 g/mol. The SMILES string of the molecule is CC(C)(SCc1csc(Br)c1)[C@H](N)C(=O)O. The van der Waals surface area contributed by atoms with Crippen LogP contribution in [0.25, 0.3) is 0 Å². The van der Waals surface area contributed by atoms with Gasteiger partial charge in [0.2, 0.25) is 0 Å². The fourth-order valence-electron chi connectivity index (χ4n) is 1.08. The average molecular weight is 324 g/mol. The molecule has 0 fully saturated rings. The molecule has 90 valence electrons. The van der Waals surface area contributed by atoms with E-state index >= 15 is 0 Å². The average Bonchev–Trinajstić information content (AvgIpc) is 2.60. The van der Waals surface area contributed by atoms with Crippen LogP contribution in [0.4, 0.5) is 0 Å². The number of carbonyl (C=O) groups is 1. The Balaban J connectivity index is 2.57. The highest BCUT2D eigenvalue weighted by molar-refractivity contribution is 9.11. The number of hydrogen-bond donors (Lipinski definition) is 2. The quantitative estimate of drug-likeness (QED) is 0.874. The molecule has 0 radical (unpaired) electrons. The van der Waals surface area contributed by atoms with Gasteiger partial charge in [-0.1, -0.05) is 0 Å². The lowest BCUT2D eigenvalue weighted by Gasteiger charge is -2.27. The summed E-state index contributed by atoms with van der Waals surface area (Å²) in [5.41, 5.74) is 6.82. The number of thiophene rings is 1. The predicted molar refractivity (Wildman–Crippen MR) is 73.0 cm³/mol. The Kier molecular flexibility index (Phi) is 4.85. The molecule has 1 atom stereocenters. The summed E-state index contributed by atoms with van der Waals surface area (Å²) in [7, 11) is 0. The zero-order valence-corrected chi connectivity index (χ0v) is 12.3. The van der Waals surface area contributed by atoms with E-state index in [1.165, 1.54) is 5.56 Å². The van der Waals surface area contributed by atoms with Crippen LogP contribution in [-0.2, 0) is 10.5 Å². The maximum absolute atomic E-state index is 10.8. The Bertz CT molecular complexity index is 379. The van der Waals surface area contributed by atoms with Gasteiger partial charge in [0.05, 0.1) is 3.79 Å². The summed E-state index contributed by atoms with van der Waals surface area (Å²) in [6.07, 6.45) is 0. The van der Waals surface area contributed by atoms with E-state index in [-0.39, 0.29) is 0 Å². The Hall–Kier alpha value is -0.0400. The van der Waals surface area contributed by atoms with Gasteiger partial charge in [0, 0.05) is 10.5 Å². The predicted octanol–water partition coefficient (Wildman–Crippen LogP) is 2.93. The number of nitrogens with two attached hydrogens (primary N) is 1. The second-order valence-electron chi connectivity index (χ2n) is 3.97. The minimum atomic E-state index is -0.955. The van der Waals surface area contributed by atoms with Crippen molar-refractivity contribution in [1.82, 2.24) is 0 Å². The molecule has 1 aromatic rings. The van der Waals surface area contributed by atoms with Crippen molar-refractivity contribution in [3.63, 3.8) is 0 Å². The van der Waals surface area contributed by atoms with E-state index < -0.39 is 16.8 Å². The maximum atomic E-state index is 10.8. The second kappa shape index (κ2) is 5.53. The van der Waals surface area contributed by atoms with E-state index in [1.54, 1.807) is 23.1 Å². The minimum absolute atomic E-state index is 0.472. The molecule has 6 heteroatoms. The molecule has 0 aromatic carbocycles. The molecule has 0 aliphatic carbocycles. The smallest absolute Gasteiger partial charge is 0.321 e. The molecule has 0 aliphatic heterocycles. The second-order valence-corrected chi connectivity index (χ2v) is 7.89. The third-order valence-corrected chi connectivity index (χ3v) is 5.28. The molecule has 0 saturated heterocycles. The molecule has 0 unspecified atom stereocenters. The van der Waals surface area contributed by atoms with E-state index in [0.717, 1.165) is 9.54 Å². The van der Waals surface area contributed by atoms with Gasteiger partial charge in [0.1, 0.15) is 6.04 Å². The van der Waals surface area contributed by atoms with Crippen LogP contribution in [-0.4, -0.2) is 21.9 Å². The van der Waals surface area contributed by atoms with Crippen LogP contribution in [0.3, 0.4) is 0 Å². The molecule has 0 aliphatic rings. The third-order valence-electron chi connectivity index (χ3n) is 2.25. The van der Waals surface area contributed by atoms with Crippen LogP contribution in [0.2, 0.25) is 0 Å². The van der Waals surface area contributed by atoms with Crippen molar-refractivity contribution in [2.45, 2.75) is 30.4 Å². The van der Waals surface area contributed by atoms with E-state index in [4.69, 9.17) is 10.8 Å². The number of thioether (sulfide) groups is 1. The summed E-state index contributed by atoms with van der Waals surface area (Å²) in [5, 5.41) is 10.9. The molecular weight excluding hydrogens is 310 g/mol. The summed E-state index contributed by atoms with van der Waals surface area (Å²) in [4.78, 5) is 10.8. The van der Waals surface area contributed by atoms with Gasteiger partial charge in [-0.25, -0.2) is 0 Å². The van der Waals surface area contributed by atoms with Crippen molar-refractivity contribution >= 4 is 45.0 Å². The van der Waals surface area contributed by atoms with Crippen molar-refractivity contribution in [3.05, 3.63) is 20.8 Å². The number of carboxylic acids is 1. The first-order chi connectivity index (χ1) is 7.33. The Morgan fingerprint density at radius 1 is 1.75 bits per heavy atom. The fourth-order valence-corrected chi connectivity index (χ4v) is 3.38. The first-order valence-electron chi connectivity index (χ1n) is 4.68. The maximum Gasteiger partial charge on any atom is 0.321 e. The van der Waals surface area contributed by atoms with Crippen molar-refractivity contribution in [1.29, 1.82) is 0 Å². The molecule has 0 amide bonds. The van der Waals surface area contributed by atoms with Gasteiger partial charge in [-0.05, 0) is 46.8 Å². The molecule has 3 nitrogen and oxygen atoms in total. The zero-order chi connectivity index (χ0) is 12.3. The molecule has 0 bridgehead atoms. The van der Waals surface area contributed by atoms with Gasteiger partial charge in [0.15, 0.2) is 0 Å². The van der Waals surface area contributed by atoms with Crippen LogP contribution in [0.15, 0.2) is 15.2 Å². The number of rotatable bonds is 5. The number of carboxylic acid groups (broad SMARTS) is 1. The molecule has 1 aromatic heterocycles. The summed E-state index contributed by atoms with van der Waals surface area (Å²) in [5.74, 6) is -0.181. The number of halogens is 1. The van der Waals surface area contributed by atoms with E-state index in [1.807, 2.05) is 19.9 Å². The molecule has 0 spiro atoms. The van der Waals surface area contributed by atoms with Crippen LogP contribution in [0.5, 0.6) is 0 Å².